The minimum absolute atomic E-state index is 0.190. The molecule has 3 rings (SSSR count). The lowest BCUT2D eigenvalue weighted by Crippen LogP contribution is -2.36. The first-order valence-corrected chi connectivity index (χ1v) is 10.7. The molecule has 158 valence electrons. The number of hydrogen-bond donors (Lipinski definition) is 1. The number of allylic oxidation sites excluding steroid dienone is 2. The van der Waals surface area contributed by atoms with Gasteiger partial charge < -0.3 is 10.1 Å². The van der Waals surface area contributed by atoms with Crippen LogP contribution in [0.2, 0.25) is 0 Å². The van der Waals surface area contributed by atoms with Crippen molar-refractivity contribution >= 4 is 57.8 Å². The van der Waals surface area contributed by atoms with Crippen LogP contribution in [0.3, 0.4) is 0 Å². The van der Waals surface area contributed by atoms with Crippen molar-refractivity contribution in [2.75, 3.05) is 18.5 Å². The second-order valence-corrected chi connectivity index (χ2v) is 8.08. The van der Waals surface area contributed by atoms with Gasteiger partial charge in [0.1, 0.15) is 10.9 Å². The van der Waals surface area contributed by atoms with Gasteiger partial charge >= 0.3 is 5.97 Å². The Balaban J connectivity index is 1.58. The number of hydrogen-bond acceptors (Lipinski definition) is 6. The topological polar surface area (TPSA) is 75.7 Å². The maximum Gasteiger partial charge on any atom is 0.338 e. The maximum absolute atomic E-state index is 12.6. The van der Waals surface area contributed by atoms with Gasteiger partial charge in [-0.2, -0.15) is 0 Å². The van der Waals surface area contributed by atoms with Crippen molar-refractivity contribution in [3.05, 3.63) is 82.8 Å². The second kappa shape index (κ2) is 10.7. The van der Waals surface area contributed by atoms with E-state index < -0.39 is 5.97 Å². The van der Waals surface area contributed by atoms with Crippen LogP contribution in [0.4, 0.5) is 5.69 Å². The summed E-state index contributed by atoms with van der Waals surface area (Å²) >= 11 is 6.43. The average Bonchev–Trinajstić information content (AvgIpc) is 3.02. The van der Waals surface area contributed by atoms with Crippen molar-refractivity contribution in [2.24, 2.45) is 0 Å². The van der Waals surface area contributed by atoms with Crippen LogP contribution in [0.15, 0.2) is 71.7 Å². The van der Waals surface area contributed by atoms with Gasteiger partial charge in [-0.1, -0.05) is 66.5 Å². The van der Waals surface area contributed by atoms with E-state index >= 15 is 0 Å². The van der Waals surface area contributed by atoms with Crippen molar-refractivity contribution in [1.82, 2.24) is 4.90 Å². The Kier molecular flexibility index (Phi) is 7.75. The Labute approximate surface area is 190 Å². The van der Waals surface area contributed by atoms with Gasteiger partial charge in [0, 0.05) is 5.69 Å². The molecule has 2 amide bonds. The second-order valence-electron chi connectivity index (χ2n) is 6.41. The van der Waals surface area contributed by atoms with Crippen LogP contribution >= 0.6 is 24.0 Å². The number of nitrogens with zero attached hydrogens (tertiary/aromatic N) is 1. The molecule has 1 heterocycles. The van der Waals surface area contributed by atoms with Crippen LogP contribution in [-0.2, 0) is 14.3 Å². The monoisotopic (exact) mass is 452 g/mol. The first-order valence-electron chi connectivity index (χ1n) is 9.52. The van der Waals surface area contributed by atoms with Crippen LogP contribution in [-0.4, -0.2) is 40.2 Å². The fourth-order valence-electron chi connectivity index (χ4n) is 2.71. The Hall–Kier alpha value is -3.23. The quantitative estimate of drug-likeness (QED) is 0.384. The standard InChI is InChI=1S/C23H20N2O4S2/c1-2-29-22(28)17-11-13-18(14-12-17)24-20(26)15-25-21(27)19(31-23(25)30)10-6-9-16-7-4-3-5-8-16/h3-14H,2,15H2,1H3,(H,24,26)/b9-6+,19-10-. The van der Waals surface area contributed by atoms with E-state index in [0.717, 1.165) is 17.3 Å². The van der Waals surface area contributed by atoms with E-state index in [-0.39, 0.29) is 25.0 Å². The maximum atomic E-state index is 12.6. The van der Waals surface area contributed by atoms with E-state index in [0.29, 0.717) is 20.5 Å². The molecule has 0 spiro atoms. The number of thiocarbonyl (C=S) groups is 1. The first kappa shape index (κ1) is 22.5. The summed E-state index contributed by atoms with van der Waals surface area (Å²) in [6.07, 6.45) is 5.37. The predicted molar refractivity (Wildman–Crippen MR) is 126 cm³/mol. The molecule has 0 bridgehead atoms. The number of rotatable bonds is 7. The van der Waals surface area contributed by atoms with Crippen molar-refractivity contribution in [3.8, 4) is 0 Å². The molecular weight excluding hydrogens is 432 g/mol. The van der Waals surface area contributed by atoms with E-state index in [1.165, 1.54) is 4.90 Å². The molecule has 0 atom stereocenters. The van der Waals surface area contributed by atoms with Gasteiger partial charge in [0.25, 0.3) is 5.91 Å². The van der Waals surface area contributed by atoms with E-state index in [4.69, 9.17) is 17.0 Å². The number of anilines is 1. The SMILES string of the molecule is CCOC(=O)c1ccc(NC(=O)CN2C(=O)/C(=C/C=C/c3ccccc3)SC2=S)cc1. The predicted octanol–water partition coefficient (Wildman–Crippen LogP) is 4.26. The summed E-state index contributed by atoms with van der Waals surface area (Å²) in [4.78, 5) is 38.4. The Morgan fingerprint density at radius 3 is 2.52 bits per heavy atom. The molecule has 6 nitrogen and oxygen atoms in total. The number of benzene rings is 2. The van der Waals surface area contributed by atoms with Gasteiger partial charge in [-0.25, -0.2) is 4.79 Å². The summed E-state index contributed by atoms with van der Waals surface area (Å²) < 4.78 is 5.26. The zero-order chi connectivity index (χ0) is 22.2. The summed E-state index contributed by atoms with van der Waals surface area (Å²) in [7, 11) is 0. The number of amides is 2. The summed E-state index contributed by atoms with van der Waals surface area (Å²) in [6.45, 7) is 1.83. The summed E-state index contributed by atoms with van der Waals surface area (Å²) in [6, 6.07) is 16.0. The molecule has 0 aromatic heterocycles. The van der Waals surface area contributed by atoms with E-state index in [1.54, 1.807) is 43.3 Å². The molecule has 1 saturated heterocycles. The lowest BCUT2D eigenvalue weighted by Gasteiger charge is -2.14. The molecule has 2 aromatic rings. The van der Waals surface area contributed by atoms with Gasteiger partial charge in [-0.05, 0) is 42.8 Å². The zero-order valence-electron chi connectivity index (χ0n) is 16.7. The van der Waals surface area contributed by atoms with Crippen molar-refractivity contribution in [1.29, 1.82) is 0 Å². The number of carbonyl (C=O) groups excluding carboxylic acids is 3. The molecule has 2 aromatic carbocycles. The third kappa shape index (κ3) is 6.13. The largest absolute Gasteiger partial charge is 0.462 e. The number of thioether (sulfide) groups is 1. The third-order valence-electron chi connectivity index (χ3n) is 4.19. The Morgan fingerprint density at radius 2 is 1.84 bits per heavy atom. The van der Waals surface area contributed by atoms with Crippen LogP contribution in [0.25, 0.3) is 6.08 Å². The van der Waals surface area contributed by atoms with Crippen molar-refractivity contribution < 1.29 is 19.1 Å². The fourth-order valence-corrected chi connectivity index (χ4v) is 3.92. The molecular formula is C23H20N2O4S2. The van der Waals surface area contributed by atoms with Gasteiger partial charge in [-0.15, -0.1) is 0 Å². The molecule has 1 aliphatic heterocycles. The van der Waals surface area contributed by atoms with Crippen LogP contribution < -0.4 is 5.32 Å². The highest BCUT2D eigenvalue weighted by Crippen LogP contribution is 2.30. The van der Waals surface area contributed by atoms with Gasteiger partial charge in [0.15, 0.2) is 0 Å². The van der Waals surface area contributed by atoms with E-state index in [1.807, 2.05) is 36.4 Å². The number of esters is 1. The lowest BCUT2D eigenvalue weighted by atomic mass is 10.2. The molecule has 8 heteroatoms. The van der Waals surface area contributed by atoms with Crippen LogP contribution in [0, 0.1) is 0 Å². The summed E-state index contributed by atoms with van der Waals surface area (Å²) in [5.74, 6) is -1.12. The average molecular weight is 453 g/mol. The molecule has 1 fully saturated rings. The normalized spacial score (nSPS) is 15.0. The molecule has 0 unspecified atom stereocenters. The third-order valence-corrected chi connectivity index (χ3v) is 5.59. The highest BCUT2D eigenvalue weighted by Gasteiger charge is 2.33. The summed E-state index contributed by atoms with van der Waals surface area (Å²) in [5, 5.41) is 2.70. The minimum atomic E-state index is -0.425. The number of nitrogens with one attached hydrogen (secondary N) is 1. The first-order chi connectivity index (χ1) is 15.0. The van der Waals surface area contributed by atoms with Crippen LogP contribution in [0.1, 0.15) is 22.8 Å². The molecule has 1 aliphatic rings. The highest BCUT2D eigenvalue weighted by molar-refractivity contribution is 8.26. The van der Waals surface area contributed by atoms with Crippen molar-refractivity contribution in [2.45, 2.75) is 6.92 Å². The van der Waals surface area contributed by atoms with Gasteiger partial charge in [0.2, 0.25) is 5.91 Å². The molecule has 1 N–H and O–H groups in total. The fraction of sp³-hybridized carbons (Fsp3) is 0.130. The molecule has 31 heavy (non-hydrogen) atoms. The Morgan fingerprint density at radius 1 is 1.13 bits per heavy atom. The number of carbonyl (C=O) groups is 3. The zero-order valence-corrected chi connectivity index (χ0v) is 18.4. The summed E-state index contributed by atoms with van der Waals surface area (Å²) in [5.41, 5.74) is 1.91. The molecule has 0 saturated carbocycles. The molecule has 0 aliphatic carbocycles. The van der Waals surface area contributed by atoms with E-state index in [2.05, 4.69) is 5.32 Å². The van der Waals surface area contributed by atoms with Gasteiger partial charge in [-0.3, -0.25) is 14.5 Å². The van der Waals surface area contributed by atoms with Gasteiger partial charge in [0.05, 0.1) is 17.1 Å². The highest BCUT2D eigenvalue weighted by atomic mass is 32.2. The lowest BCUT2D eigenvalue weighted by molar-refractivity contribution is -0.126. The van der Waals surface area contributed by atoms with E-state index in [9.17, 15) is 14.4 Å². The number of ether oxygens (including phenoxy) is 1. The Bertz CT molecular complexity index is 1050. The van der Waals surface area contributed by atoms with Crippen LogP contribution in [0.5, 0.6) is 0 Å². The van der Waals surface area contributed by atoms with Crippen molar-refractivity contribution in [3.63, 3.8) is 0 Å². The smallest absolute Gasteiger partial charge is 0.338 e. The minimum Gasteiger partial charge on any atom is -0.462 e. The molecule has 0 radical (unpaired) electrons.